The molecule has 18 heavy (non-hydrogen) atoms. The number of hydrogen-bond acceptors (Lipinski definition) is 5. The fourth-order valence-corrected chi connectivity index (χ4v) is 1.58. The molecule has 3 atom stereocenters. The average molecular weight is 258 g/mol. The van der Waals surface area contributed by atoms with Crippen LogP contribution < -0.4 is 0 Å². The lowest BCUT2D eigenvalue weighted by Crippen LogP contribution is -2.38. The predicted molar refractivity (Wildman–Crippen MR) is 60.6 cm³/mol. The Hall–Kier alpha value is -1.59. The van der Waals surface area contributed by atoms with Gasteiger partial charge in [0.25, 0.3) is 0 Å². The molecule has 0 aromatic carbocycles. The molecule has 0 radical (unpaired) electrons. The Labute approximate surface area is 105 Å². The number of cyclic esters (lactones) is 1. The van der Waals surface area contributed by atoms with Gasteiger partial charge in [0.15, 0.2) is 0 Å². The first-order valence-corrected chi connectivity index (χ1v) is 5.76. The summed E-state index contributed by atoms with van der Waals surface area (Å²) in [7, 11) is 0. The summed E-state index contributed by atoms with van der Waals surface area (Å²) in [5, 5.41) is 8.82. The molecule has 1 aliphatic heterocycles. The molecule has 0 saturated carbocycles. The number of ether oxygens (including phenoxy) is 2. The standard InChI is InChI=1S/C12H18O6/c1-6(9(13)14)7(2)10(15)18-8-11(16)17-5-12(8,3)4/h6-8H,5H2,1-4H3,(H,13,14). The number of rotatable bonds is 4. The fourth-order valence-electron chi connectivity index (χ4n) is 1.58. The van der Waals surface area contributed by atoms with E-state index in [2.05, 4.69) is 0 Å². The maximum absolute atomic E-state index is 11.8. The van der Waals surface area contributed by atoms with E-state index in [1.807, 2.05) is 0 Å². The highest BCUT2D eigenvalue weighted by molar-refractivity contribution is 5.84. The summed E-state index contributed by atoms with van der Waals surface area (Å²) in [6.07, 6.45) is -0.964. The van der Waals surface area contributed by atoms with E-state index in [0.29, 0.717) is 0 Å². The summed E-state index contributed by atoms with van der Waals surface area (Å²) in [4.78, 5) is 34.0. The highest BCUT2D eigenvalue weighted by Gasteiger charge is 2.47. The van der Waals surface area contributed by atoms with E-state index in [1.54, 1.807) is 13.8 Å². The first kappa shape index (κ1) is 14.5. The van der Waals surface area contributed by atoms with Crippen molar-refractivity contribution in [1.29, 1.82) is 0 Å². The van der Waals surface area contributed by atoms with Crippen molar-refractivity contribution in [3.63, 3.8) is 0 Å². The van der Waals surface area contributed by atoms with E-state index in [1.165, 1.54) is 13.8 Å². The summed E-state index contributed by atoms with van der Waals surface area (Å²) in [6.45, 7) is 6.58. The largest absolute Gasteiger partial charge is 0.481 e. The lowest BCUT2D eigenvalue weighted by molar-refractivity contribution is -0.169. The van der Waals surface area contributed by atoms with Crippen molar-refractivity contribution in [2.45, 2.75) is 33.8 Å². The number of hydrogen-bond donors (Lipinski definition) is 1. The Kier molecular flexibility index (Phi) is 3.98. The molecule has 1 aliphatic rings. The van der Waals surface area contributed by atoms with Crippen LogP contribution in [0.4, 0.5) is 0 Å². The number of carboxylic acids is 1. The van der Waals surface area contributed by atoms with Crippen LogP contribution in [0.5, 0.6) is 0 Å². The van der Waals surface area contributed by atoms with Gasteiger partial charge in [0, 0.05) is 5.41 Å². The van der Waals surface area contributed by atoms with Crippen molar-refractivity contribution in [3.8, 4) is 0 Å². The number of carbonyl (C=O) groups excluding carboxylic acids is 2. The third-order valence-electron chi connectivity index (χ3n) is 3.26. The minimum absolute atomic E-state index is 0.187. The van der Waals surface area contributed by atoms with Crippen LogP contribution in [0.15, 0.2) is 0 Å². The first-order chi connectivity index (χ1) is 8.16. The van der Waals surface area contributed by atoms with Crippen molar-refractivity contribution in [2.24, 2.45) is 17.3 Å². The molecule has 1 heterocycles. The molecule has 0 amide bonds. The monoisotopic (exact) mass is 258 g/mol. The normalized spacial score (nSPS) is 25.1. The molecule has 1 N–H and O–H groups in total. The Bertz CT molecular complexity index is 373. The zero-order valence-electron chi connectivity index (χ0n) is 10.9. The quantitative estimate of drug-likeness (QED) is 0.751. The summed E-state index contributed by atoms with van der Waals surface area (Å²) in [5.74, 6) is -4.03. The highest BCUT2D eigenvalue weighted by Crippen LogP contribution is 2.32. The smallest absolute Gasteiger partial charge is 0.348 e. The number of carbonyl (C=O) groups is 3. The molecular formula is C12H18O6. The maximum Gasteiger partial charge on any atom is 0.348 e. The van der Waals surface area contributed by atoms with Crippen LogP contribution in [-0.4, -0.2) is 35.7 Å². The molecular weight excluding hydrogens is 240 g/mol. The van der Waals surface area contributed by atoms with Gasteiger partial charge in [-0.15, -0.1) is 0 Å². The Morgan fingerprint density at radius 3 is 2.33 bits per heavy atom. The third-order valence-corrected chi connectivity index (χ3v) is 3.26. The first-order valence-electron chi connectivity index (χ1n) is 5.76. The second-order valence-electron chi connectivity index (χ2n) is 5.33. The molecule has 0 spiro atoms. The summed E-state index contributed by atoms with van der Waals surface area (Å²) in [5.41, 5.74) is -0.584. The third kappa shape index (κ3) is 2.80. The minimum atomic E-state index is -1.08. The van der Waals surface area contributed by atoms with E-state index in [-0.39, 0.29) is 6.61 Å². The van der Waals surface area contributed by atoms with Gasteiger partial charge in [-0.2, -0.15) is 0 Å². The van der Waals surface area contributed by atoms with E-state index in [9.17, 15) is 14.4 Å². The SMILES string of the molecule is CC(C(=O)O)C(C)C(=O)OC1C(=O)OCC1(C)C. The van der Waals surface area contributed by atoms with Gasteiger partial charge in [0.2, 0.25) is 6.10 Å². The predicted octanol–water partition coefficient (Wildman–Crippen LogP) is 0.838. The van der Waals surface area contributed by atoms with Crippen LogP contribution in [0.25, 0.3) is 0 Å². The Morgan fingerprint density at radius 2 is 1.94 bits per heavy atom. The highest BCUT2D eigenvalue weighted by atomic mass is 16.6. The van der Waals surface area contributed by atoms with Gasteiger partial charge in [-0.3, -0.25) is 9.59 Å². The van der Waals surface area contributed by atoms with Crippen LogP contribution >= 0.6 is 0 Å². The minimum Gasteiger partial charge on any atom is -0.481 e. The van der Waals surface area contributed by atoms with Gasteiger partial charge < -0.3 is 14.6 Å². The molecule has 0 aliphatic carbocycles. The van der Waals surface area contributed by atoms with Gasteiger partial charge >= 0.3 is 17.9 Å². The van der Waals surface area contributed by atoms with Crippen LogP contribution in [0.1, 0.15) is 27.7 Å². The molecule has 6 nitrogen and oxygen atoms in total. The van der Waals surface area contributed by atoms with Crippen molar-refractivity contribution >= 4 is 17.9 Å². The van der Waals surface area contributed by atoms with Gasteiger partial charge in [-0.25, -0.2) is 4.79 Å². The lowest BCUT2D eigenvalue weighted by atomic mass is 9.89. The van der Waals surface area contributed by atoms with E-state index in [4.69, 9.17) is 14.6 Å². The summed E-state index contributed by atoms with van der Waals surface area (Å²) >= 11 is 0. The Morgan fingerprint density at radius 1 is 1.39 bits per heavy atom. The van der Waals surface area contributed by atoms with Crippen molar-refractivity contribution in [1.82, 2.24) is 0 Å². The second kappa shape index (κ2) is 4.96. The molecule has 1 fully saturated rings. The summed E-state index contributed by atoms with van der Waals surface area (Å²) < 4.78 is 9.93. The van der Waals surface area contributed by atoms with Crippen molar-refractivity contribution in [2.75, 3.05) is 6.61 Å². The van der Waals surface area contributed by atoms with Crippen LogP contribution in [0, 0.1) is 17.3 Å². The van der Waals surface area contributed by atoms with Gasteiger partial charge in [-0.05, 0) is 0 Å². The van der Waals surface area contributed by atoms with Crippen LogP contribution in [0.2, 0.25) is 0 Å². The average Bonchev–Trinajstić information content (AvgIpc) is 2.53. The van der Waals surface area contributed by atoms with Crippen LogP contribution in [-0.2, 0) is 23.9 Å². The molecule has 1 saturated heterocycles. The zero-order valence-corrected chi connectivity index (χ0v) is 10.9. The Balaban J connectivity index is 2.70. The molecule has 0 aromatic heterocycles. The van der Waals surface area contributed by atoms with E-state index >= 15 is 0 Å². The molecule has 0 aromatic rings. The molecule has 0 bridgehead atoms. The number of carboxylic acid groups (broad SMARTS) is 1. The fraction of sp³-hybridized carbons (Fsp3) is 0.750. The van der Waals surface area contributed by atoms with Gasteiger partial charge in [-0.1, -0.05) is 27.7 Å². The zero-order chi connectivity index (χ0) is 14.1. The maximum atomic E-state index is 11.8. The number of aliphatic carboxylic acids is 1. The van der Waals surface area contributed by atoms with E-state index in [0.717, 1.165) is 0 Å². The van der Waals surface area contributed by atoms with Gasteiger partial charge in [0.1, 0.15) is 6.61 Å². The second-order valence-corrected chi connectivity index (χ2v) is 5.33. The van der Waals surface area contributed by atoms with Crippen molar-refractivity contribution in [3.05, 3.63) is 0 Å². The lowest BCUT2D eigenvalue weighted by Gasteiger charge is -2.24. The molecule has 1 rings (SSSR count). The number of esters is 2. The topological polar surface area (TPSA) is 89.9 Å². The summed E-state index contributed by atoms with van der Waals surface area (Å²) in [6, 6.07) is 0. The van der Waals surface area contributed by atoms with E-state index < -0.39 is 41.3 Å². The van der Waals surface area contributed by atoms with Gasteiger partial charge in [0.05, 0.1) is 11.8 Å². The molecule has 6 heteroatoms. The van der Waals surface area contributed by atoms with Crippen LogP contribution in [0.3, 0.4) is 0 Å². The van der Waals surface area contributed by atoms with Crippen molar-refractivity contribution < 1.29 is 29.0 Å². The molecule has 102 valence electrons. The molecule has 3 unspecified atom stereocenters.